The van der Waals surface area contributed by atoms with Crippen molar-refractivity contribution in [1.29, 1.82) is 0 Å². The fourth-order valence-electron chi connectivity index (χ4n) is 1.26. The molecule has 0 fully saturated rings. The van der Waals surface area contributed by atoms with Gasteiger partial charge in [0.05, 0.1) is 13.7 Å². The maximum atomic E-state index is 11.6. The zero-order chi connectivity index (χ0) is 13.0. The summed E-state index contributed by atoms with van der Waals surface area (Å²) in [4.78, 5) is 34.2. The fourth-order valence-corrected chi connectivity index (χ4v) is 1.59. The summed E-state index contributed by atoms with van der Waals surface area (Å²) >= 11 is 4.86. The molecular formula is C10H11NO5S. The maximum Gasteiger partial charge on any atom is 0.354 e. The summed E-state index contributed by atoms with van der Waals surface area (Å²) in [6.07, 6.45) is 0.989. The van der Waals surface area contributed by atoms with Crippen molar-refractivity contribution in [3.63, 3.8) is 0 Å². The first-order chi connectivity index (χ1) is 8.01. The molecule has 0 radical (unpaired) electrons. The van der Waals surface area contributed by atoms with Crippen molar-refractivity contribution in [2.75, 3.05) is 13.7 Å². The van der Waals surface area contributed by atoms with E-state index in [4.69, 9.17) is 17.0 Å². The van der Waals surface area contributed by atoms with Crippen molar-refractivity contribution >= 4 is 34.9 Å². The first-order valence-corrected chi connectivity index (χ1v) is 5.23. The third-order valence-electron chi connectivity index (χ3n) is 2.02. The van der Waals surface area contributed by atoms with E-state index in [-0.39, 0.29) is 17.3 Å². The number of rotatable bonds is 3. The van der Waals surface area contributed by atoms with Crippen molar-refractivity contribution in [2.45, 2.75) is 6.92 Å². The molecule has 0 aromatic heterocycles. The standard InChI is InChI=1S/C10H11NO5S/c1-3-16-10(14)7-6(12)4-5(9(13)15-2)11-8(7)17/h4,7H,3H2,1-2H3,(H,11,17). The number of ketones is 1. The van der Waals surface area contributed by atoms with Crippen LogP contribution >= 0.6 is 12.2 Å². The van der Waals surface area contributed by atoms with Crippen molar-refractivity contribution in [3.05, 3.63) is 11.8 Å². The normalized spacial score (nSPS) is 19.2. The molecule has 1 aliphatic rings. The van der Waals surface area contributed by atoms with E-state index in [1.165, 1.54) is 7.11 Å². The van der Waals surface area contributed by atoms with E-state index in [1.807, 2.05) is 0 Å². The Morgan fingerprint density at radius 1 is 1.53 bits per heavy atom. The molecule has 1 atom stereocenters. The molecule has 0 aromatic carbocycles. The van der Waals surface area contributed by atoms with E-state index >= 15 is 0 Å². The third kappa shape index (κ3) is 2.88. The van der Waals surface area contributed by atoms with Gasteiger partial charge in [0.25, 0.3) is 0 Å². The van der Waals surface area contributed by atoms with E-state index in [0.717, 1.165) is 6.08 Å². The SMILES string of the molecule is CCOC(=O)C1C(=O)C=C(C(=O)OC)NC1=S. The number of methoxy groups -OCH3 is 1. The monoisotopic (exact) mass is 257 g/mol. The predicted octanol–water partition coefficient (Wildman–Crippen LogP) is -0.278. The fraction of sp³-hybridized carbons (Fsp3) is 0.400. The number of thiocarbonyl (C=S) groups is 1. The number of hydrogen-bond donors (Lipinski definition) is 1. The Kier molecular flexibility index (Phi) is 4.33. The van der Waals surface area contributed by atoms with Crippen LogP contribution in [0.25, 0.3) is 0 Å². The Hall–Kier alpha value is -1.76. The molecule has 0 spiro atoms. The zero-order valence-electron chi connectivity index (χ0n) is 9.31. The van der Waals surface area contributed by atoms with Gasteiger partial charge >= 0.3 is 11.9 Å². The van der Waals surface area contributed by atoms with Crippen LogP contribution in [-0.2, 0) is 23.9 Å². The summed E-state index contributed by atoms with van der Waals surface area (Å²) in [7, 11) is 1.18. The van der Waals surface area contributed by atoms with Gasteiger partial charge in [-0.1, -0.05) is 12.2 Å². The van der Waals surface area contributed by atoms with Gasteiger partial charge in [-0.05, 0) is 6.92 Å². The summed E-state index contributed by atoms with van der Waals surface area (Å²) in [6.45, 7) is 1.77. The van der Waals surface area contributed by atoms with Crippen LogP contribution in [0.5, 0.6) is 0 Å². The Balaban J connectivity index is 2.92. The van der Waals surface area contributed by atoms with Crippen LogP contribution in [0.4, 0.5) is 0 Å². The van der Waals surface area contributed by atoms with Gasteiger partial charge in [-0.2, -0.15) is 0 Å². The van der Waals surface area contributed by atoms with Gasteiger partial charge in [0, 0.05) is 6.08 Å². The maximum absolute atomic E-state index is 11.6. The Morgan fingerprint density at radius 2 is 2.18 bits per heavy atom. The second kappa shape index (κ2) is 5.53. The molecule has 0 bridgehead atoms. The molecule has 0 aromatic rings. The Morgan fingerprint density at radius 3 is 2.65 bits per heavy atom. The topological polar surface area (TPSA) is 81.7 Å². The van der Waals surface area contributed by atoms with Gasteiger partial charge in [0.15, 0.2) is 11.7 Å². The highest BCUT2D eigenvalue weighted by molar-refractivity contribution is 7.80. The van der Waals surface area contributed by atoms with E-state index in [2.05, 4.69) is 10.1 Å². The number of carbonyl (C=O) groups is 3. The molecule has 6 nitrogen and oxygen atoms in total. The van der Waals surface area contributed by atoms with Crippen molar-refractivity contribution in [3.8, 4) is 0 Å². The van der Waals surface area contributed by atoms with Crippen LogP contribution in [0, 0.1) is 5.92 Å². The smallest absolute Gasteiger partial charge is 0.354 e. The van der Waals surface area contributed by atoms with E-state index < -0.39 is 23.6 Å². The first-order valence-electron chi connectivity index (χ1n) is 4.82. The molecule has 1 N–H and O–H groups in total. The molecular weight excluding hydrogens is 246 g/mol. The van der Waals surface area contributed by atoms with Gasteiger partial charge in [-0.15, -0.1) is 0 Å². The number of allylic oxidation sites excluding steroid dienone is 1. The lowest BCUT2D eigenvalue weighted by molar-refractivity contribution is -0.148. The Bertz CT molecular complexity index is 415. The molecule has 0 saturated carbocycles. The van der Waals surface area contributed by atoms with Crippen LogP contribution in [-0.4, -0.2) is 36.4 Å². The van der Waals surface area contributed by atoms with Crippen molar-refractivity contribution in [1.82, 2.24) is 5.32 Å². The average Bonchev–Trinajstić information content (AvgIpc) is 2.27. The lowest BCUT2D eigenvalue weighted by Gasteiger charge is -2.20. The number of nitrogens with one attached hydrogen (secondary N) is 1. The van der Waals surface area contributed by atoms with Crippen LogP contribution in [0.3, 0.4) is 0 Å². The second-order valence-electron chi connectivity index (χ2n) is 3.13. The summed E-state index contributed by atoms with van der Waals surface area (Å²) < 4.78 is 9.14. The van der Waals surface area contributed by atoms with Crippen molar-refractivity contribution < 1.29 is 23.9 Å². The summed E-state index contributed by atoms with van der Waals surface area (Å²) in [5.41, 5.74) is -0.0805. The molecule has 1 heterocycles. The molecule has 0 amide bonds. The summed E-state index contributed by atoms with van der Waals surface area (Å²) in [5.74, 6) is -3.22. The number of ether oxygens (including phenoxy) is 2. The Labute approximate surface area is 103 Å². The van der Waals surface area contributed by atoms with Crippen LogP contribution < -0.4 is 5.32 Å². The zero-order valence-corrected chi connectivity index (χ0v) is 10.1. The predicted molar refractivity (Wildman–Crippen MR) is 61.0 cm³/mol. The van der Waals surface area contributed by atoms with Gasteiger partial charge in [0.1, 0.15) is 10.7 Å². The minimum atomic E-state index is -1.18. The largest absolute Gasteiger partial charge is 0.465 e. The summed E-state index contributed by atoms with van der Waals surface area (Å²) in [5, 5.41) is 2.48. The third-order valence-corrected chi connectivity index (χ3v) is 2.36. The van der Waals surface area contributed by atoms with E-state index in [1.54, 1.807) is 6.92 Å². The molecule has 1 rings (SSSR count). The van der Waals surface area contributed by atoms with Gasteiger partial charge < -0.3 is 14.8 Å². The van der Waals surface area contributed by atoms with Crippen LogP contribution in [0.1, 0.15) is 6.92 Å². The van der Waals surface area contributed by atoms with E-state index in [9.17, 15) is 14.4 Å². The highest BCUT2D eigenvalue weighted by atomic mass is 32.1. The highest BCUT2D eigenvalue weighted by Crippen LogP contribution is 2.13. The molecule has 0 aliphatic carbocycles. The molecule has 1 aliphatic heterocycles. The van der Waals surface area contributed by atoms with Crippen molar-refractivity contribution in [2.24, 2.45) is 5.92 Å². The minimum absolute atomic E-state index is 0.0589. The highest BCUT2D eigenvalue weighted by Gasteiger charge is 2.36. The summed E-state index contributed by atoms with van der Waals surface area (Å²) in [6, 6.07) is 0. The number of hydrogen-bond acceptors (Lipinski definition) is 6. The van der Waals surface area contributed by atoms with Gasteiger partial charge in [-0.3, -0.25) is 9.59 Å². The minimum Gasteiger partial charge on any atom is -0.465 e. The lowest BCUT2D eigenvalue weighted by Crippen LogP contribution is -2.44. The lowest BCUT2D eigenvalue weighted by atomic mass is 9.99. The molecule has 7 heteroatoms. The molecule has 0 saturated heterocycles. The van der Waals surface area contributed by atoms with Gasteiger partial charge in [-0.25, -0.2) is 4.79 Å². The number of esters is 2. The van der Waals surface area contributed by atoms with Gasteiger partial charge in [0.2, 0.25) is 0 Å². The average molecular weight is 257 g/mol. The number of carbonyl (C=O) groups excluding carboxylic acids is 3. The van der Waals surface area contributed by atoms with Crippen LogP contribution in [0.15, 0.2) is 11.8 Å². The van der Waals surface area contributed by atoms with E-state index in [0.29, 0.717) is 0 Å². The molecule has 1 unspecified atom stereocenters. The molecule has 17 heavy (non-hydrogen) atoms. The second-order valence-corrected chi connectivity index (χ2v) is 3.57. The first kappa shape index (κ1) is 13.3. The molecule has 92 valence electrons. The van der Waals surface area contributed by atoms with Crippen LogP contribution in [0.2, 0.25) is 0 Å². The quantitative estimate of drug-likeness (QED) is 0.423.